The van der Waals surface area contributed by atoms with Gasteiger partial charge in [0.15, 0.2) is 0 Å². The van der Waals surface area contributed by atoms with Crippen molar-refractivity contribution in [2.45, 2.75) is 26.2 Å². The van der Waals surface area contributed by atoms with Crippen LogP contribution < -0.4 is 4.90 Å². The van der Waals surface area contributed by atoms with Crippen LogP contribution >= 0.6 is 23.2 Å². The number of halogens is 2. The average molecular weight is 246 g/mol. The molecule has 1 aromatic heterocycles. The molecule has 0 saturated carbocycles. The van der Waals surface area contributed by atoms with E-state index in [4.69, 9.17) is 23.2 Å². The van der Waals surface area contributed by atoms with Gasteiger partial charge in [0, 0.05) is 18.7 Å². The summed E-state index contributed by atoms with van der Waals surface area (Å²) in [6.07, 6.45) is 3.71. The first-order valence-electron chi connectivity index (χ1n) is 5.13. The van der Waals surface area contributed by atoms with Crippen molar-refractivity contribution in [3.05, 3.63) is 16.0 Å². The Labute approximate surface area is 99.4 Å². The van der Waals surface area contributed by atoms with Gasteiger partial charge in [-0.15, -0.1) is 0 Å². The summed E-state index contributed by atoms with van der Waals surface area (Å²) in [4.78, 5) is 10.4. The molecule has 1 aliphatic rings. The first-order valence-corrected chi connectivity index (χ1v) is 5.88. The zero-order valence-corrected chi connectivity index (χ0v) is 10.1. The van der Waals surface area contributed by atoms with Crippen molar-refractivity contribution in [3.8, 4) is 0 Å². The molecule has 5 heteroatoms. The Morgan fingerprint density at radius 1 is 1.07 bits per heavy atom. The van der Waals surface area contributed by atoms with Gasteiger partial charge in [0.05, 0.1) is 0 Å². The summed E-state index contributed by atoms with van der Waals surface area (Å²) in [5.74, 6) is 0.889. The fourth-order valence-electron chi connectivity index (χ4n) is 1.87. The topological polar surface area (TPSA) is 29.0 Å². The quantitative estimate of drug-likeness (QED) is 0.563. The van der Waals surface area contributed by atoms with Gasteiger partial charge in [0.25, 0.3) is 0 Å². The van der Waals surface area contributed by atoms with Gasteiger partial charge in [-0.25, -0.2) is 9.97 Å². The van der Waals surface area contributed by atoms with E-state index in [1.165, 1.54) is 19.3 Å². The lowest BCUT2D eigenvalue weighted by Crippen LogP contribution is -2.31. The van der Waals surface area contributed by atoms with E-state index in [1.807, 2.05) is 6.92 Å². The number of piperidine rings is 1. The summed E-state index contributed by atoms with van der Waals surface area (Å²) >= 11 is 11.8. The van der Waals surface area contributed by atoms with E-state index in [0.717, 1.165) is 24.5 Å². The van der Waals surface area contributed by atoms with Crippen LogP contribution in [0.4, 0.5) is 5.82 Å². The fourth-order valence-corrected chi connectivity index (χ4v) is 2.24. The SMILES string of the molecule is Cc1c(Cl)nc(Cl)nc1N1CCCCC1. The molecule has 15 heavy (non-hydrogen) atoms. The van der Waals surface area contributed by atoms with Gasteiger partial charge in [-0.2, -0.15) is 0 Å². The lowest BCUT2D eigenvalue weighted by molar-refractivity contribution is 0.572. The summed E-state index contributed by atoms with van der Waals surface area (Å²) in [5.41, 5.74) is 0.919. The smallest absolute Gasteiger partial charge is 0.225 e. The Bertz CT molecular complexity index is 362. The molecule has 0 spiro atoms. The Morgan fingerprint density at radius 3 is 2.40 bits per heavy atom. The molecular formula is C10H13Cl2N3. The van der Waals surface area contributed by atoms with Gasteiger partial charge in [-0.1, -0.05) is 11.6 Å². The maximum atomic E-state index is 5.98. The van der Waals surface area contributed by atoms with Gasteiger partial charge in [-0.05, 0) is 37.8 Å². The minimum atomic E-state index is 0.228. The Kier molecular flexibility index (Phi) is 3.32. The van der Waals surface area contributed by atoms with Crippen LogP contribution in [0.3, 0.4) is 0 Å². The van der Waals surface area contributed by atoms with Gasteiger partial charge in [0.1, 0.15) is 11.0 Å². The highest BCUT2D eigenvalue weighted by atomic mass is 35.5. The number of nitrogens with zero attached hydrogens (tertiary/aromatic N) is 3. The monoisotopic (exact) mass is 245 g/mol. The van der Waals surface area contributed by atoms with Crippen LogP contribution in [0, 0.1) is 6.92 Å². The van der Waals surface area contributed by atoms with E-state index in [0.29, 0.717) is 5.15 Å². The molecule has 1 saturated heterocycles. The van der Waals surface area contributed by atoms with E-state index >= 15 is 0 Å². The predicted octanol–water partition coefficient (Wildman–Crippen LogP) is 3.08. The highest BCUT2D eigenvalue weighted by Crippen LogP contribution is 2.26. The molecule has 0 bridgehead atoms. The van der Waals surface area contributed by atoms with E-state index in [-0.39, 0.29) is 5.28 Å². The second-order valence-corrected chi connectivity index (χ2v) is 4.48. The normalized spacial score (nSPS) is 16.9. The van der Waals surface area contributed by atoms with Gasteiger partial charge in [0.2, 0.25) is 5.28 Å². The lowest BCUT2D eigenvalue weighted by Gasteiger charge is -2.29. The molecule has 0 N–H and O–H groups in total. The molecule has 0 radical (unpaired) electrons. The number of rotatable bonds is 1. The Morgan fingerprint density at radius 2 is 1.73 bits per heavy atom. The van der Waals surface area contributed by atoms with Crippen LogP contribution in [-0.4, -0.2) is 23.1 Å². The summed E-state index contributed by atoms with van der Waals surface area (Å²) < 4.78 is 0. The maximum absolute atomic E-state index is 5.98. The van der Waals surface area contributed by atoms with Gasteiger partial charge in [-0.3, -0.25) is 0 Å². The van der Waals surface area contributed by atoms with Crippen molar-refractivity contribution in [3.63, 3.8) is 0 Å². The van der Waals surface area contributed by atoms with Crippen molar-refractivity contribution in [1.82, 2.24) is 9.97 Å². The zero-order valence-electron chi connectivity index (χ0n) is 8.63. The summed E-state index contributed by atoms with van der Waals surface area (Å²) in [6.45, 7) is 4.00. The molecule has 1 aliphatic heterocycles. The van der Waals surface area contributed by atoms with E-state index in [1.54, 1.807) is 0 Å². The second-order valence-electron chi connectivity index (χ2n) is 3.78. The number of aromatic nitrogens is 2. The first-order chi connectivity index (χ1) is 7.18. The zero-order chi connectivity index (χ0) is 10.8. The van der Waals surface area contributed by atoms with Crippen molar-refractivity contribution >= 4 is 29.0 Å². The predicted molar refractivity (Wildman–Crippen MR) is 62.9 cm³/mol. The molecule has 3 nitrogen and oxygen atoms in total. The largest absolute Gasteiger partial charge is 0.356 e. The lowest BCUT2D eigenvalue weighted by atomic mass is 10.1. The molecule has 1 aromatic rings. The highest BCUT2D eigenvalue weighted by Gasteiger charge is 2.17. The summed E-state index contributed by atoms with van der Waals surface area (Å²) in [6, 6.07) is 0. The third-order valence-electron chi connectivity index (χ3n) is 2.69. The first kappa shape index (κ1) is 11.0. The van der Waals surface area contributed by atoms with E-state index in [2.05, 4.69) is 14.9 Å². The summed E-state index contributed by atoms with van der Waals surface area (Å²) in [5, 5.41) is 0.682. The molecule has 0 unspecified atom stereocenters. The molecule has 0 amide bonds. The van der Waals surface area contributed by atoms with Crippen molar-refractivity contribution in [2.75, 3.05) is 18.0 Å². The standard InChI is InChI=1S/C10H13Cl2N3/c1-7-8(11)13-10(12)14-9(7)15-5-3-2-4-6-15/h2-6H2,1H3. The number of hydrogen-bond acceptors (Lipinski definition) is 3. The van der Waals surface area contributed by atoms with Crippen LogP contribution in [-0.2, 0) is 0 Å². The van der Waals surface area contributed by atoms with Crippen LogP contribution in [0.5, 0.6) is 0 Å². The van der Waals surface area contributed by atoms with Crippen LogP contribution in [0.2, 0.25) is 10.4 Å². The van der Waals surface area contributed by atoms with Crippen molar-refractivity contribution in [1.29, 1.82) is 0 Å². The van der Waals surface area contributed by atoms with Gasteiger partial charge < -0.3 is 4.90 Å². The second kappa shape index (κ2) is 4.54. The third-order valence-corrected chi connectivity index (χ3v) is 3.23. The summed E-state index contributed by atoms with van der Waals surface area (Å²) in [7, 11) is 0. The minimum Gasteiger partial charge on any atom is -0.356 e. The molecule has 1 fully saturated rings. The van der Waals surface area contributed by atoms with Crippen LogP contribution in [0.1, 0.15) is 24.8 Å². The molecule has 82 valence electrons. The van der Waals surface area contributed by atoms with Crippen LogP contribution in [0.15, 0.2) is 0 Å². The maximum Gasteiger partial charge on any atom is 0.225 e. The van der Waals surface area contributed by atoms with Gasteiger partial charge >= 0.3 is 0 Å². The van der Waals surface area contributed by atoms with E-state index < -0.39 is 0 Å². The molecule has 2 heterocycles. The Balaban J connectivity index is 2.33. The molecule has 2 rings (SSSR count). The average Bonchev–Trinajstić information content (AvgIpc) is 2.24. The van der Waals surface area contributed by atoms with Crippen molar-refractivity contribution in [2.24, 2.45) is 0 Å². The highest BCUT2D eigenvalue weighted by molar-refractivity contribution is 6.32. The third kappa shape index (κ3) is 2.34. The Hall–Kier alpha value is -0.540. The molecule has 0 atom stereocenters. The molecule has 0 aromatic carbocycles. The number of hydrogen-bond donors (Lipinski definition) is 0. The van der Waals surface area contributed by atoms with E-state index in [9.17, 15) is 0 Å². The van der Waals surface area contributed by atoms with Crippen molar-refractivity contribution < 1.29 is 0 Å². The molecular weight excluding hydrogens is 233 g/mol. The fraction of sp³-hybridized carbons (Fsp3) is 0.600. The van der Waals surface area contributed by atoms with Crippen LogP contribution in [0.25, 0.3) is 0 Å². The minimum absolute atomic E-state index is 0.228. The number of anilines is 1. The molecule has 0 aliphatic carbocycles.